The van der Waals surface area contributed by atoms with Gasteiger partial charge < -0.3 is 10.1 Å². The molecule has 0 saturated heterocycles. The monoisotopic (exact) mass is 255 g/mol. The summed E-state index contributed by atoms with van der Waals surface area (Å²) in [6.07, 6.45) is 1.28. The van der Waals surface area contributed by atoms with Crippen LogP contribution >= 0.6 is 11.6 Å². The lowest BCUT2D eigenvalue weighted by atomic mass is 10.3. The molecular weight excluding hydrogens is 246 g/mol. The quantitative estimate of drug-likeness (QED) is 0.284. The topological polar surface area (TPSA) is 88.2 Å². The van der Waals surface area contributed by atoms with Gasteiger partial charge in [-0.2, -0.15) is 0 Å². The predicted octanol–water partition coefficient (Wildman–Crippen LogP) is 2.25. The average molecular weight is 256 g/mol. The molecule has 1 rings (SSSR count). The zero-order chi connectivity index (χ0) is 12.8. The summed E-state index contributed by atoms with van der Waals surface area (Å²) in [5, 5.41) is 20.7. The second kappa shape index (κ2) is 5.86. The molecule has 0 atom stereocenters. The molecule has 90 valence electrons. The zero-order valence-corrected chi connectivity index (χ0v) is 9.69. The number of halogens is 1. The van der Waals surface area contributed by atoms with Crippen molar-refractivity contribution < 1.29 is 9.66 Å². The van der Waals surface area contributed by atoms with E-state index < -0.39 is 4.92 Å². The van der Waals surface area contributed by atoms with Crippen LogP contribution in [0.2, 0.25) is 0 Å². The highest BCUT2D eigenvalue weighted by Crippen LogP contribution is 2.17. The number of rotatable bonds is 4. The minimum atomic E-state index is -0.507. The molecule has 2 N–H and O–H groups in total. The van der Waals surface area contributed by atoms with E-state index in [1.54, 1.807) is 7.05 Å². The van der Waals surface area contributed by atoms with Crippen LogP contribution in [0.5, 0.6) is 5.75 Å². The highest BCUT2D eigenvalue weighted by Gasteiger charge is 2.05. The van der Waals surface area contributed by atoms with Crippen LogP contribution in [-0.2, 0) is 0 Å². The fourth-order valence-corrected chi connectivity index (χ4v) is 1.08. The lowest BCUT2D eigenvalue weighted by molar-refractivity contribution is -0.384. The molecule has 1 aromatic carbocycles. The number of nitrogens with zero attached hydrogens (tertiary/aromatic N) is 1. The van der Waals surface area contributed by atoms with Gasteiger partial charge in [0.05, 0.1) is 4.92 Å². The molecule has 0 radical (unpaired) electrons. The van der Waals surface area contributed by atoms with Crippen LogP contribution in [0.25, 0.3) is 0 Å². The summed E-state index contributed by atoms with van der Waals surface area (Å²) in [6, 6.07) is 5.42. The molecule has 1 aromatic rings. The minimum absolute atomic E-state index is 0.0346. The summed E-state index contributed by atoms with van der Waals surface area (Å²) in [7, 11) is 1.61. The first-order chi connectivity index (χ1) is 8.02. The lowest BCUT2D eigenvalue weighted by Gasteiger charge is -2.03. The van der Waals surface area contributed by atoms with Gasteiger partial charge in [0.25, 0.3) is 5.69 Å². The van der Waals surface area contributed by atoms with Crippen molar-refractivity contribution in [3.63, 3.8) is 0 Å². The number of benzene rings is 1. The Hall–Kier alpha value is -2.08. The van der Waals surface area contributed by atoms with Crippen LogP contribution in [0.3, 0.4) is 0 Å². The van der Waals surface area contributed by atoms with E-state index in [9.17, 15) is 10.1 Å². The van der Waals surface area contributed by atoms with Gasteiger partial charge in [0.2, 0.25) is 5.90 Å². The SMILES string of the molecule is CN/C(Cl)=C\C(=N)Oc1ccc([N+](=O)[O-])cc1. The van der Waals surface area contributed by atoms with Crippen molar-refractivity contribution >= 4 is 23.2 Å². The minimum Gasteiger partial charge on any atom is -0.440 e. The van der Waals surface area contributed by atoms with Gasteiger partial charge in [0.1, 0.15) is 10.9 Å². The predicted molar refractivity (Wildman–Crippen MR) is 64.4 cm³/mol. The Morgan fingerprint density at radius 3 is 2.59 bits per heavy atom. The Morgan fingerprint density at radius 1 is 1.53 bits per heavy atom. The third-order valence-electron chi connectivity index (χ3n) is 1.77. The summed E-state index contributed by atoms with van der Waals surface area (Å²) in [6.45, 7) is 0. The smallest absolute Gasteiger partial charge is 0.269 e. The first-order valence-corrected chi connectivity index (χ1v) is 4.96. The van der Waals surface area contributed by atoms with E-state index >= 15 is 0 Å². The molecule has 0 spiro atoms. The van der Waals surface area contributed by atoms with E-state index in [4.69, 9.17) is 21.7 Å². The second-order valence-electron chi connectivity index (χ2n) is 2.96. The van der Waals surface area contributed by atoms with Gasteiger partial charge >= 0.3 is 0 Å². The van der Waals surface area contributed by atoms with Crippen LogP contribution in [0.15, 0.2) is 35.5 Å². The third kappa shape index (κ3) is 4.12. The van der Waals surface area contributed by atoms with Gasteiger partial charge in [0, 0.05) is 25.3 Å². The number of nitro benzene ring substituents is 1. The van der Waals surface area contributed by atoms with E-state index in [0.717, 1.165) is 0 Å². The molecular formula is C10H10ClN3O3. The Bertz CT molecular complexity index is 456. The van der Waals surface area contributed by atoms with Crippen molar-refractivity contribution in [2.45, 2.75) is 0 Å². The van der Waals surface area contributed by atoms with Crippen LogP contribution < -0.4 is 10.1 Å². The first-order valence-electron chi connectivity index (χ1n) is 4.58. The largest absolute Gasteiger partial charge is 0.440 e. The number of hydrogen-bond acceptors (Lipinski definition) is 5. The Balaban J connectivity index is 2.70. The molecule has 0 aliphatic rings. The summed E-state index contributed by atoms with van der Waals surface area (Å²) in [4.78, 5) is 9.90. The Morgan fingerprint density at radius 2 is 2.12 bits per heavy atom. The lowest BCUT2D eigenvalue weighted by Crippen LogP contribution is -2.08. The second-order valence-corrected chi connectivity index (χ2v) is 3.37. The molecule has 0 saturated carbocycles. The Kier molecular flexibility index (Phi) is 4.47. The van der Waals surface area contributed by atoms with E-state index in [2.05, 4.69) is 5.32 Å². The van der Waals surface area contributed by atoms with Gasteiger partial charge in [0.15, 0.2) is 0 Å². The fourth-order valence-electron chi connectivity index (χ4n) is 0.980. The van der Waals surface area contributed by atoms with Gasteiger partial charge in [-0.1, -0.05) is 11.6 Å². The van der Waals surface area contributed by atoms with E-state index in [1.807, 2.05) is 0 Å². The van der Waals surface area contributed by atoms with Crippen molar-refractivity contribution in [2.75, 3.05) is 7.05 Å². The molecule has 0 amide bonds. The van der Waals surface area contributed by atoms with Crippen molar-refractivity contribution in [1.29, 1.82) is 5.41 Å². The number of hydrogen-bond donors (Lipinski definition) is 2. The van der Waals surface area contributed by atoms with Crippen LogP contribution in [-0.4, -0.2) is 17.9 Å². The van der Waals surface area contributed by atoms with Gasteiger partial charge in [-0.05, 0) is 12.1 Å². The maximum Gasteiger partial charge on any atom is 0.269 e. The van der Waals surface area contributed by atoms with Crippen molar-refractivity contribution in [1.82, 2.24) is 5.32 Å². The zero-order valence-electron chi connectivity index (χ0n) is 8.94. The Labute approximate surface area is 103 Å². The van der Waals surface area contributed by atoms with Crippen LogP contribution in [0.4, 0.5) is 5.69 Å². The molecule has 0 aliphatic carbocycles. The fraction of sp³-hybridized carbons (Fsp3) is 0.100. The summed E-state index contributed by atoms with van der Waals surface area (Å²) >= 11 is 5.63. The molecule has 7 heteroatoms. The first kappa shape index (κ1) is 13.0. The molecule has 0 unspecified atom stereocenters. The molecule has 0 aliphatic heterocycles. The molecule has 0 heterocycles. The number of nitrogens with one attached hydrogen (secondary N) is 2. The summed E-state index contributed by atoms with van der Waals surface area (Å²) in [5.74, 6) is 0.163. The van der Waals surface area contributed by atoms with Crippen LogP contribution in [0, 0.1) is 15.5 Å². The average Bonchev–Trinajstić information content (AvgIpc) is 2.29. The molecule has 6 nitrogen and oxygen atoms in total. The number of non-ortho nitro benzene ring substituents is 1. The van der Waals surface area contributed by atoms with Crippen LogP contribution in [0.1, 0.15) is 0 Å². The van der Waals surface area contributed by atoms with Crippen molar-refractivity contribution in [3.05, 3.63) is 45.6 Å². The highest BCUT2D eigenvalue weighted by molar-refractivity contribution is 6.30. The summed E-state index contributed by atoms with van der Waals surface area (Å²) in [5.41, 5.74) is -0.0346. The molecule has 17 heavy (non-hydrogen) atoms. The number of ether oxygens (including phenoxy) is 1. The molecule has 0 bridgehead atoms. The normalized spacial score (nSPS) is 10.8. The van der Waals surface area contributed by atoms with Crippen molar-refractivity contribution in [2.24, 2.45) is 0 Å². The third-order valence-corrected chi connectivity index (χ3v) is 2.07. The van der Waals surface area contributed by atoms with Gasteiger partial charge in [-0.25, -0.2) is 0 Å². The van der Waals surface area contributed by atoms with Crippen molar-refractivity contribution in [3.8, 4) is 5.75 Å². The number of nitro groups is 1. The highest BCUT2D eigenvalue weighted by atomic mass is 35.5. The maximum absolute atomic E-state index is 10.4. The summed E-state index contributed by atoms with van der Waals surface area (Å²) < 4.78 is 5.08. The van der Waals surface area contributed by atoms with E-state index in [-0.39, 0.29) is 16.7 Å². The van der Waals surface area contributed by atoms with E-state index in [0.29, 0.717) is 5.75 Å². The molecule has 0 fully saturated rings. The molecule has 0 aromatic heterocycles. The van der Waals surface area contributed by atoms with Gasteiger partial charge in [-0.3, -0.25) is 15.5 Å². The van der Waals surface area contributed by atoms with Gasteiger partial charge in [-0.15, -0.1) is 0 Å². The maximum atomic E-state index is 10.4. The van der Waals surface area contributed by atoms with E-state index in [1.165, 1.54) is 30.3 Å². The standard InChI is InChI=1S/C10H10ClN3O3/c1-13-9(11)6-10(12)17-8-4-2-7(3-5-8)14(15)16/h2-6,12-13H,1H3/b9-6-,12-10?.